The van der Waals surface area contributed by atoms with Crippen molar-refractivity contribution in [3.8, 4) is 0 Å². The Balaban J connectivity index is 2.07. The molecule has 1 aromatic heterocycles. The normalized spacial score (nSPS) is 11.0. The summed E-state index contributed by atoms with van der Waals surface area (Å²) < 4.78 is 0. The average Bonchev–Trinajstić information content (AvgIpc) is 2.45. The van der Waals surface area contributed by atoms with E-state index in [0.717, 1.165) is 5.56 Å². The second kappa shape index (κ2) is 7.18. The molecule has 0 bridgehead atoms. The molecule has 0 atom stereocenters. The molecule has 2 aromatic rings. The minimum Gasteiger partial charge on any atom is -0.260 e. The molecule has 0 unspecified atom stereocenters. The first-order valence-electron chi connectivity index (χ1n) is 5.55. The monoisotopic (exact) mass is 345 g/mol. The first kappa shape index (κ1) is 15.4. The maximum atomic E-state index is 5.98. The fourth-order valence-corrected chi connectivity index (χ4v) is 2.33. The van der Waals surface area contributed by atoms with Gasteiger partial charge in [0.15, 0.2) is 5.82 Å². The molecule has 0 fully saturated rings. The number of thioether (sulfide) groups is 1. The van der Waals surface area contributed by atoms with E-state index >= 15 is 0 Å². The Morgan fingerprint density at radius 3 is 2.50 bits per heavy atom. The molecule has 2 rings (SSSR count). The summed E-state index contributed by atoms with van der Waals surface area (Å²) in [6.07, 6.45) is 3.70. The number of aromatic nitrogens is 1. The van der Waals surface area contributed by atoms with Gasteiger partial charge in [-0.3, -0.25) is 5.43 Å². The van der Waals surface area contributed by atoms with Crippen LogP contribution in [-0.4, -0.2) is 17.5 Å². The Morgan fingerprint density at radius 1 is 1.15 bits per heavy atom. The summed E-state index contributed by atoms with van der Waals surface area (Å²) in [6, 6.07) is 9.51. The van der Waals surface area contributed by atoms with E-state index in [2.05, 4.69) is 15.5 Å². The lowest BCUT2D eigenvalue weighted by Gasteiger charge is -2.04. The van der Waals surface area contributed by atoms with Gasteiger partial charge in [0, 0.05) is 4.90 Å². The number of hydrogen-bond acceptors (Lipinski definition) is 4. The third kappa shape index (κ3) is 4.03. The molecular weight excluding hydrogens is 337 g/mol. The molecule has 1 heterocycles. The van der Waals surface area contributed by atoms with E-state index in [9.17, 15) is 0 Å². The zero-order valence-corrected chi connectivity index (χ0v) is 13.5. The van der Waals surface area contributed by atoms with E-state index in [0.29, 0.717) is 15.9 Å². The summed E-state index contributed by atoms with van der Waals surface area (Å²) in [4.78, 5) is 5.20. The Labute approximate surface area is 136 Å². The zero-order chi connectivity index (χ0) is 14.5. The summed E-state index contributed by atoms with van der Waals surface area (Å²) in [7, 11) is 0. The second-order valence-electron chi connectivity index (χ2n) is 3.73. The van der Waals surface area contributed by atoms with Gasteiger partial charge < -0.3 is 0 Å². The molecule has 0 spiro atoms. The van der Waals surface area contributed by atoms with Crippen LogP contribution in [0.25, 0.3) is 0 Å². The van der Waals surface area contributed by atoms with Crippen molar-refractivity contribution in [2.24, 2.45) is 5.10 Å². The lowest BCUT2D eigenvalue weighted by molar-refractivity contribution is 1.23. The van der Waals surface area contributed by atoms with Crippen molar-refractivity contribution >= 4 is 58.6 Å². The fraction of sp³-hybridized carbons (Fsp3) is 0.0769. The molecule has 20 heavy (non-hydrogen) atoms. The number of rotatable bonds is 4. The number of nitrogens with one attached hydrogen (secondary N) is 1. The Bertz CT molecular complexity index is 630. The van der Waals surface area contributed by atoms with Crippen LogP contribution < -0.4 is 5.43 Å². The van der Waals surface area contributed by atoms with Crippen molar-refractivity contribution in [1.29, 1.82) is 0 Å². The van der Waals surface area contributed by atoms with Crippen LogP contribution in [-0.2, 0) is 0 Å². The lowest BCUT2D eigenvalue weighted by atomic mass is 10.2. The van der Waals surface area contributed by atoms with Crippen LogP contribution in [0.2, 0.25) is 15.2 Å². The smallest absolute Gasteiger partial charge is 0.166 e. The van der Waals surface area contributed by atoms with Crippen molar-refractivity contribution in [3.63, 3.8) is 0 Å². The number of halogens is 3. The molecule has 1 N–H and O–H groups in total. The third-order valence-corrected chi connectivity index (χ3v) is 4.09. The van der Waals surface area contributed by atoms with Crippen molar-refractivity contribution in [2.75, 3.05) is 11.7 Å². The number of benzene rings is 1. The molecule has 0 aliphatic heterocycles. The van der Waals surface area contributed by atoms with Gasteiger partial charge in [0.1, 0.15) is 5.15 Å². The number of nitrogens with zero attached hydrogens (tertiary/aromatic N) is 2. The van der Waals surface area contributed by atoms with Crippen LogP contribution in [0.1, 0.15) is 5.56 Å². The van der Waals surface area contributed by atoms with Crippen LogP contribution in [0, 0.1) is 0 Å². The highest BCUT2D eigenvalue weighted by Gasteiger charge is 2.06. The summed E-state index contributed by atoms with van der Waals surface area (Å²) in [6.45, 7) is 0. The first-order valence-corrected chi connectivity index (χ1v) is 7.90. The Morgan fingerprint density at radius 2 is 1.85 bits per heavy atom. The second-order valence-corrected chi connectivity index (χ2v) is 5.79. The number of hydrazone groups is 1. The molecule has 1 aromatic carbocycles. The van der Waals surface area contributed by atoms with E-state index in [-0.39, 0.29) is 5.15 Å². The van der Waals surface area contributed by atoms with Crippen molar-refractivity contribution in [2.45, 2.75) is 4.90 Å². The third-order valence-electron chi connectivity index (χ3n) is 2.39. The molecule has 7 heteroatoms. The number of hydrogen-bond donors (Lipinski definition) is 1. The molecule has 0 amide bonds. The van der Waals surface area contributed by atoms with E-state index in [1.54, 1.807) is 18.0 Å². The summed E-state index contributed by atoms with van der Waals surface area (Å²) in [5.74, 6) is 0.359. The van der Waals surface area contributed by atoms with Crippen LogP contribution >= 0.6 is 46.6 Å². The Kier molecular flexibility index (Phi) is 5.54. The van der Waals surface area contributed by atoms with Gasteiger partial charge in [-0.1, -0.05) is 46.9 Å². The summed E-state index contributed by atoms with van der Waals surface area (Å²) in [5.41, 5.74) is 3.70. The lowest BCUT2D eigenvalue weighted by Crippen LogP contribution is -1.95. The maximum absolute atomic E-state index is 5.98. The van der Waals surface area contributed by atoms with E-state index in [1.165, 1.54) is 11.0 Å². The molecule has 0 radical (unpaired) electrons. The van der Waals surface area contributed by atoms with Gasteiger partial charge in [0.05, 0.1) is 16.3 Å². The maximum Gasteiger partial charge on any atom is 0.166 e. The number of anilines is 1. The number of pyridine rings is 1. The van der Waals surface area contributed by atoms with Gasteiger partial charge >= 0.3 is 0 Å². The standard InChI is InChI=1S/C13H10Cl3N3S/c1-20-9-4-2-8(3-5-9)7-17-19-13-11(15)6-10(14)12(16)18-13/h2-7H,1H3,(H,18,19). The minimum atomic E-state index is 0.179. The van der Waals surface area contributed by atoms with Crippen molar-refractivity contribution in [1.82, 2.24) is 4.98 Å². The highest BCUT2D eigenvalue weighted by atomic mass is 35.5. The highest BCUT2D eigenvalue weighted by Crippen LogP contribution is 2.28. The van der Waals surface area contributed by atoms with Crippen LogP contribution in [0.5, 0.6) is 0 Å². The predicted molar refractivity (Wildman–Crippen MR) is 88.7 cm³/mol. The van der Waals surface area contributed by atoms with E-state index < -0.39 is 0 Å². The largest absolute Gasteiger partial charge is 0.260 e. The fourth-order valence-electron chi connectivity index (χ4n) is 1.38. The highest BCUT2D eigenvalue weighted by molar-refractivity contribution is 7.98. The van der Waals surface area contributed by atoms with Gasteiger partial charge in [-0.25, -0.2) is 4.98 Å². The van der Waals surface area contributed by atoms with Crippen LogP contribution in [0.4, 0.5) is 5.82 Å². The average molecular weight is 347 g/mol. The molecular formula is C13H10Cl3N3S. The molecule has 0 aliphatic rings. The van der Waals surface area contributed by atoms with E-state index in [4.69, 9.17) is 34.8 Å². The molecule has 0 aliphatic carbocycles. The van der Waals surface area contributed by atoms with E-state index in [1.807, 2.05) is 30.5 Å². The van der Waals surface area contributed by atoms with Crippen molar-refractivity contribution in [3.05, 3.63) is 51.1 Å². The Hall–Kier alpha value is -0.940. The quantitative estimate of drug-likeness (QED) is 0.357. The molecule has 0 saturated carbocycles. The topological polar surface area (TPSA) is 37.3 Å². The van der Waals surface area contributed by atoms with Gasteiger partial charge in [-0.2, -0.15) is 5.10 Å². The van der Waals surface area contributed by atoms with Gasteiger partial charge in [0.2, 0.25) is 0 Å². The van der Waals surface area contributed by atoms with Crippen LogP contribution in [0.15, 0.2) is 40.3 Å². The summed E-state index contributed by atoms with van der Waals surface area (Å²) >= 11 is 19.3. The first-order chi connectivity index (χ1) is 9.60. The van der Waals surface area contributed by atoms with Crippen molar-refractivity contribution < 1.29 is 0 Å². The van der Waals surface area contributed by atoms with Gasteiger partial charge in [-0.15, -0.1) is 11.8 Å². The van der Waals surface area contributed by atoms with Gasteiger partial charge in [-0.05, 0) is 30.0 Å². The predicted octanol–water partition coefficient (Wildman–Crippen LogP) is 5.21. The zero-order valence-electron chi connectivity index (χ0n) is 10.4. The SMILES string of the molecule is CSc1ccc(C=NNc2nc(Cl)c(Cl)cc2Cl)cc1. The van der Waals surface area contributed by atoms with Crippen LogP contribution in [0.3, 0.4) is 0 Å². The molecule has 104 valence electrons. The molecule has 3 nitrogen and oxygen atoms in total. The minimum absolute atomic E-state index is 0.179. The van der Waals surface area contributed by atoms with Gasteiger partial charge in [0.25, 0.3) is 0 Å². The summed E-state index contributed by atoms with van der Waals surface area (Å²) in [5, 5.41) is 4.91. The molecule has 0 saturated heterocycles.